The minimum absolute atomic E-state index is 0.187. The maximum absolute atomic E-state index is 12.3. The molecule has 1 amide bonds. The van der Waals surface area contributed by atoms with E-state index in [1.165, 1.54) is 6.07 Å². The molecule has 3 rings (SSSR count). The summed E-state index contributed by atoms with van der Waals surface area (Å²) in [5.41, 5.74) is 3.01. The molecule has 0 saturated heterocycles. The number of carbonyl (C=O) groups excluding carboxylic acids is 1. The van der Waals surface area contributed by atoms with E-state index in [4.69, 9.17) is 16.0 Å². The van der Waals surface area contributed by atoms with Crippen LogP contribution in [0.5, 0.6) is 0 Å². The van der Waals surface area contributed by atoms with Crippen molar-refractivity contribution in [2.24, 2.45) is 0 Å². The summed E-state index contributed by atoms with van der Waals surface area (Å²) in [6.07, 6.45) is 0. The lowest BCUT2D eigenvalue weighted by molar-refractivity contribution is 0.0950. The second kappa shape index (κ2) is 6.49. The predicted octanol–water partition coefficient (Wildman–Crippen LogP) is 3.99. The van der Waals surface area contributed by atoms with E-state index in [1.807, 2.05) is 32.0 Å². The average Bonchev–Trinajstić information content (AvgIpc) is 2.54. The van der Waals surface area contributed by atoms with Gasteiger partial charge in [-0.25, -0.2) is 4.79 Å². The van der Waals surface area contributed by atoms with Crippen molar-refractivity contribution in [3.05, 3.63) is 80.2 Å². The van der Waals surface area contributed by atoms with E-state index in [0.29, 0.717) is 21.7 Å². The van der Waals surface area contributed by atoms with Crippen LogP contribution >= 0.6 is 11.6 Å². The summed E-state index contributed by atoms with van der Waals surface area (Å²) in [6, 6.07) is 12.2. The minimum Gasteiger partial charge on any atom is -0.423 e. The second-order valence-corrected chi connectivity index (χ2v) is 6.09. The van der Waals surface area contributed by atoms with Gasteiger partial charge in [-0.1, -0.05) is 29.8 Å². The van der Waals surface area contributed by atoms with E-state index in [0.717, 1.165) is 16.5 Å². The molecular formula is C19H16ClNO3. The summed E-state index contributed by atoms with van der Waals surface area (Å²) in [6.45, 7) is 3.94. The second-order valence-electron chi connectivity index (χ2n) is 5.69. The zero-order chi connectivity index (χ0) is 17.3. The first-order valence-corrected chi connectivity index (χ1v) is 7.90. The van der Waals surface area contributed by atoms with Crippen LogP contribution in [0.25, 0.3) is 11.0 Å². The van der Waals surface area contributed by atoms with Crippen LogP contribution in [0.3, 0.4) is 0 Å². The molecule has 2 aromatic carbocycles. The van der Waals surface area contributed by atoms with Gasteiger partial charge in [-0.05, 0) is 48.7 Å². The lowest BCUT2D eigenvalue weighted by Gasteiger charge is -2.10. The Morgan fingerprint density at radius 2 is 1.88 bits per heavy atom. The van der Waals surface area contributed by atoms with Crippen LogP contribution in [0.4, 0.5) is 0 Å². The SMILES string of the molecule is Cc1cc2oc(=O)cc(CNC(=O)c3ccccc3C)c2cc1Cl. The molecule has 122 valence electrons. The number of rotatable bonds is 3. The van der Waals surface area contributed by atoms with Crippen molar-refractivity contribution in [3.63, 3.8) is 0 Å². The van der Waals surface area contributed by atoms with Crippen LogP contribution < -0.4 is 10.9 Å². The van der Waals surface area contributed by atoms with Gasteiger partial charge in [-0.2, -0.15) is 0 Å². The topological polar surface area (TPSA) is 59.3 Å². The molecule has 3 aromatic rings. The summed E-state index contributed by atoms with van der Waals surface area (Å²) in [5.74, 6) is -0.187. The third-order valence-corrected chi connectivity index (χ3v) is 4.35. The van der Waals surface area contributed by atoms with Gasteiger partial charge in [-0.15, -0.1) is 0 Å². The highest BCUT2D eigenvalue weighted by Gasteiger charge is 2.11. The fourth-order valence-electron chi connectivity index (χ4n) is 2.59. The molecular weight excluding hydrogens is 326 g/mol. The highest BCUT2D eigenvalue weighted by atomic mass is 35.5. The quantitative estimate of drug-likeness (QED) is 0.733. The van der Waals surface area contributed by atoms with Gasteiger partial charge in [0.25, 0.3) is 5.91 Å². The number of halogens is 1. The number of hydrogen-bond donors (Lipinski definition) is 1. The Kier molecular flexibility index (Phi) is 4.40. The van der Waals surface area contributed by atoms with E-state index >= 15 is 0 Å². The maximum atomic E-state index is 12.3. The highest BCUT2D eigenvalue weighted by Crippen LogP contribution is 2.25. The standard InChI is InChI=1S/C19H16ClNO3/c1-11-5-3-4-6-14(11)19(23)21-10-13-8-18(22)24-17-7-12(2)16(20)9-15(13)17/h3-9H,10H2,1-2H3,(H,21,23). The Labute approximate surface area is 144 Å². The fraction of sp³-hybridized carbons (Fsp3) is 0.158. The first-order valence-electron chi connectivity index (χ1n) is 7.52. The zero-order valence-electron chi connectivity index (χ0n) is 13.4. The van der Waals surface area contributed by atoms with Crippen molar-refractivity contribution < 1.29 is 9.21 Å². The Balaban J connectivity index is 1.93. The number of hydrogen-bond acceptors (Lipinski definition) is 3. The molecule has 0 fully saturated rings. The molecule has 0 aliphatic carbocycles. The molecule has 0 unspecified atom stereocenters. The van der Waals surface area contributed by atoms with Gasteiger partial charge in [0.15, 0.2) is 0 Å². The van der Waals surface area contributed by atoms with Gasteiger partial charge < -0.3 is 9.73 Å². The Hall–Kier alpha value is -2.59. The van der Waals surface area contributed by atoms with E-state index in [2.05, 4.69) is 5.32 Å². The molecule has 24 heavy (non-hydrogen) atoms. The van der Waals surface area contributed by atoms with Gasteiger partial charge >= 0.3 is 5.63 Å². The van der Waals surface area contributed by atoms with Crippen molar-refractivity contribution in [2.45, 2.75) is 20.4 Å². The average molecular weight is 342 g/mol. The van der Waals surface area contributed by atoms with Crippen molar-refractivity contribution in [1.82, 2.24) is 5.32 Å². The van der Waals surface area contributed by atoms with Gasteiger partial charge in [-0.3, -0.25) is 4.79 Å². The van der Waals surface area contributed by atoms with Crippen molar-refractivity contribution in [3.8, 4) is 0 Å². The lowest BCUT2D eigenvalue weighted by atomic mass is 10.1. The fourth-order valence-corrected chi connectivity index (χ4v) is 2.76. The van der Waals surface area contributed by atoms with Gasteiger partial charge in [0.05, 0.1) is 0 Å². The summed E-state index contributed by atoms with van der Waals surface area (Å²) in [4.78, 5) is 24.1. The third kappa shape index (κ3) is 3.19. The Morgan fingerprint density at radius 3 is 2.62 bits per heavy atom. The minimum atomic E-state index is -0.454. The van der Waals surface area contributed by atoms with E-state index in [1.54, 1.807) is 18.2 Å². The predicted molar refractivity (Wildman–Crippen MR) is 94.6 cm³/mol. The molecule has 4 nitrogen and oxygen atoms in total. The number of carbonyl (C=O) groups is 1. The van der Waals surface area contributed by atoms with Crippen LogP contribution in [-0.4, -0.2) is 5.91 Å². The van der Waals surface area contributed by atoms with E-state index in [-0.39, 0.29) is 12.5 Å². The summed E-state index contributed by atoms with van der Waals surface area (Å²) < 4.78 is 5.22. The molecule has 0 aliphatic heterocycles. The smallest absolute Gasteiger partial charge is 0.336 e. The first kappa shape index (κ1) is 16.3. The normalized spacial score (nSPS) is 10.8. The van der Waals surface area contributed by atoms with Crippen LogP contribution in [-0.2, 0) is 6.54 Å². The van der Waals surface area contributed by atoms with Gasteiger partial charge in [0, 0.05) is 28.6 Å². The Morgan fingerprint density at radius 1 is 1.12 bits per heavy atom. The molecule has 0 aliphatic rings. The monoisotopic (exact) mass is 341 g/mol. The molecule has 1 aromatic heterocycles. The van der Waals surface area contributed by atoms with Crippen molar-refractivity contribution in [1.29, 1.82) is 0 Å². The molecule has 0 spiro atoms. The Bertz CT molecular complexity index is 992. The summed E-state index contributed by atoms with van der Waals surface area (Å²) in [5, 5.41) is 4.15. The third-order valence-electron chi connectivity index (χ3n) is 3.94. The molecule has 0 bridgehead atoms. The molecule has 0 saturated carbocycles. The maximum Gasteiger partial charge on any atom is 0.336 e. The molecule has 1 heterocycles. The van der Waals surface area contributed by atoms with E-state index in [9.17, 15) is 9.59 Å². The molecule has 0 radical (unpaired) electrons. The lowest BCUT2D eigenvalue weighted by Crippen LogP contribution is -2.24. The van der Waals surface area contributed by atoms with E-state index < -0.39 is 5.63 Å². The summed E-state index contributed by atoms with van der Waals surface area (Å²) >= 11 is 6.17. The first-order chi connectivity index (χ1) is 11.5. The van der Waals surface area contributed by atoms with Crippen LogP contribution in [0, 0.1) is 13.8 Å². The van der Waals surface area contributed by atoms with Crippen LogP contribution in [0.1, 0.15) is 27.0 Å². The largest absolute Gasteiger partial charge is 0.423 e. The number of aryl methyl sites for hydroxylation is 2. The van der Waals surface area contributed by atoms with Crippen molar-refractivity contribution >= 4 is 28.5 Å². The number of benzene rings is 2. The zero-order valence-corrected chi connectivity index (χ0v) is 14.1. The number of amides is 1. The highest BCUT2D eigenvalue weighted by molar-refractivity contribution is 6.32. The summed E-state index contributed by atoms with van der Waals surface area (Å²) in [7, 11) is 0. The molecule has 1 N–H and O–H groups in total. The van der Waals surface area contributed by atoms with Gasteiger partial charge in [0.2, 0.25) is 0 Å². The van der Waals surface area contributed by atoms with Crippen LogP contribution in [0.2, 0.25) is 5.02 Å². The van der Waals surface area contributed by atoms with Crippen molar-refractivity contribution in [2.75, 3.05) is 0 Å². The van der Waals surface area contributed by atoms with Gasteiger partial charge in [0.1, 0.15) is 5.58 Å². The molecule has 0 atom stereocenters. The number of nitrogens with one attached hydrogen (secondary N) is 1. The number of fused-ring (bicyclic) bond motifs is 1. The molecule has 5 heteroatoms. The van der Waals surface area contributed by atoms with Crippen LogP contribution in [0.15, 0.2) is 51.7 Å².